The first kappa shape index (κ1) is 15.1. The molecule has 118 valence electrons. The Morgan fingerprint density at radius 1 is 1.13 bits per heavy atom. The number of nitrogens with one attached hydrogen (secondary N) is 2. The molecular weight excluding hydrogens is 309 g/mol. The summed E-state index contributed by atoms with van der Waals surface area (Å²) < 4.78 is 39.5. The molecule has 0 unspecified atom stereocenters. The van der Waals surface area contributed by atoms with Crippen LogP contribution >= 0.6 is 0 Å². The number of halogens is 3. The van der Waals surface area contributed by atoms with Crippen LogP contribution in [0.1, 0.15) is 11.1 Å². The topological polar surface area (TPSA) is 58.2 Å². The molecule has 0 spiro atoms. The summed E-state index contributed by atoms with van der Waals surface area (Å²) in [6.07, 6.45) is 0.155. The Labute approximate surface area is 129 Å². The number of carbonyl (C=O) groups is 2. The predicted molar refractivity (Wildman–Crippen MR) is 77.4 cm³/mol. The van der Waals surface area contributed by atoms with Gasteiger partial charge in [0.05, 0.1) is 18.5 Å². The summed E-state index contributed by atoms with van der Waals surface area (Å²) in [5.41, 5.74) is 1.68. The van der Waals surface area contributed by atoms with E-state index in [-0.39, 0.29) is 18.7 Å². The van der Waals surface area contributed by atoms with E-state index >= 15 is 0 Å². The number of hydrogen-bond acceptors (Lipinski definition) is 2. The average molecular weight is 320 g/mol. The molecule has 2 aromatic carbocycles. The van der Waals surface area contributed by atoms with Crippen LogP contribution in [0.4, 0.5) is 24.5 Å². The fraction of sp³-hybridized carbons (Fsp3) is 0.125. The van der Waals surface area contributed by atoms with Crippen LogP contribution in [-0.4, -0.2) is 11.8 Å². The third-order valence-corrected chi connectivity index (χ3v) is 3.47. The molecule has 0 fully saturated rings. The SMILES string of the molecule is O=C1Cc2cc(CC(=O)Nc3ccc(F)c(F)c3F)ccc2N1. The molecular formula is C16H11F3N2O2. The van der Waals surface area contributed by atoms with Gasteiger partial charge in [-0.1, -0.05) is 12.1 Å². The Bertz CT molecular complexity index is 821. The maximum absolute atomic E-state index is 13.5. The third kappa shape index (κ3) is 3.03. The molecule has 7 heteroatoms. The van der Waals surface area contributed by atoms with Gasteiger partial charge < -0.3 is 10.6 Å². The average Bonchev–Trinajstić information content (AvgIpc) is 2.87. The number of carbonyl (C=O) groups excluding carboxylic acids is 2. The van der Waals surface area contributed by atoms with Gasteiger partial charge >= 0.3 is 0 Å². The van der Waals surface area contributed by atoms with E-state index in [2.05, 4.69) is 10.6 Å². The van der Waals surface area contributed by atoms with Gasteiger partial charge in [-0.3, -0.25) is 9.59 Å². The highest BCUT2D eigenvalue weighted by molar-refractivity contribution is 5.99. The number of amides is 2. The van der Waals surface area contributed by atoms with Crippen LogP contribution in [0.15, 0.2) is 30.3 Å². The number of anilines is 2. The Kier molecular flexibility index (Phi) is 3.77. The number of benzene rings is 2. The maximum Gasteiger partial charge on any atom is 0.228 e. The largest absolute Gasteiger partial charge is 0.326 e. The van der Waals surface area contributed by atoms with Crippen molar-refractivity contribution in [3.8, 4) is 0 Å². The van der Waals surface area contributed by atoms with Crippen molar-refractivity contribution in [2.75, 3.05) is 10.6 Å². The molecule has 0 aromatic heterocycles. The summed E-state index contributed by atoms with van der Waals surface area (Å²) in [6, 6.07) is 6.73. The van der Waals surface area contributed by atoms with Crippen LogP contribution in [0, 0.1) is 17.5 Å². The van der Waals surface area contributed by atoms with Gasteiger partial charge in [0.1, 0.15) is 0 Å². The van der Waals surface area contributed by atoms with Gasteiger partial charge in [0.25, 0.3) is 0 Å². The molecule has 1 heterocycles. The molecule has 2 aromatic rings. The Hall–Kier alpha value is -2.83. The molecule has 0 atom stereocenters. The molecule has 1 aliphatic heterocycles. The van der Waals surface area contributed by atoms with Crippen LogP contribution in [0.2, 0.25) is 0 Å². The van der Waals surface area contributed by atoms with Gasteiger partial charge in [-0.05, 0) is 29.3 Å². The molecule has 2 amide bonds. The molecule has 0 saturated heterocycles. The minimum absolute atomic E-state index is 0.0834. The van der Waals surface area contributed by atoms with E-state index in [1.54, 1.807) is 18.2 Å². The van der Waals surface area contributed by atoms with Crippen LogP contribution in [-0.2, 0) is 22.4 Å². The summed E-state index contributed by atoms with van der Waals surface area (Å²) >= 11 is 0. The zero-order chi connectivity index (χ0) is 16.6. The van der Waals surface area contributed by atoms with E-state index in [1.165, 1.54) is 0 Å². The molecule has 1 aliphatic rings. The van der Waals surface area contributed by atoms with Gasteiger partial charge in [-0.15, -0.1) is 0 Å². The van der Waals surface area contributed by atoms with E-state index in [9.17, 15) is 22.8 Å². The van der Waals surface area contributed by atoms with E-state index in [0.29, 0.717) is 11.3 Å². The van der Waals surface area contributed by atoms with Crippen molar-refractivity contribution < 1.29 is 22.8 Å². The standard InChI is InChI=1S/C16H11F3N2O2/c17-10-2-4-12(16(19)15(10)18)21-13(22)6-8-1-3-11-9(5-8)7-14(23)20-11/h1-5H,6-7H2,(H,20,23)(H,21,22). The molecule has 3 rings (SSSR count). The first-order valence-corrected chi connectivity index (χ1v) is 6.79. The van der Waals surface area contributed by atoms with Crippen LogP contribution < -0.4 is 10.6 Å². The van der Waals surface area contributed by atoms with Crippen LogP contribution in [0.5, 0.6) is 0 Å². The van der Waals surface area contributed by atoms with Crippen molar-refractivity contribution in [2.45, 2.75) is 12.8 Å². The van der Waals surface area contributed by atoms with Crippen molar-refractivity contribution in [3.63, 3.8) is 0 Å². The first-order valence-electron chi connectivity index (χ1n) is 6.79. The molecule has 0 aliphatic carbocycles. The smallest absolute Gasteiger partial charge is 0.228 e. The van der Waals surface area contributed by atoms with Crippen molar-refractivity contribution in [3.05, 3.63) is 58.9 Å². The number of fused-ring (bicyclic) bond motifs is 1. The number of hydrogen-bond donors (Lipinski definition) is 2. The lowest BCUT2D eigenvalue weighted by atomic mass is 10.1. The van der Waals surface area contributed by atoms with E-state index in [0.717, 1.165) is 17.7 Å². The fourth-order valence-electron chi connectivity index (χ4n) is 2.39. The Morgan fingerprint density at radius 2 is 1.91 bits per heavy atom. The summed E-state index contributed by atoms with van der Waals surface area (Å²) in [5, 5.41) is 4.87. The highest BCUT2D eigenvalue weighted by Gasteiger charge is 2.19. The van der Waals surface area contributed by atoms with Gasteiger partial charge in [0.2, 0.25) is 11.8 Å². The predicted octanol–water partition coefficient (Wildman–Crippen LogP) is 2.78. The minimum Gasteiger partial charge on any atom is -0.326 e. The zero-order valence-electron chi connectivity index (χ0n) is 11.8. The van der Waals surface area contributed by atoms with E-state index < -0.39 is 29.0 Å². The minimum atomic E-state index is -1.63. The second kappa shape index (κ2) is 5.75. The molecule has 0 bridgehead atoms. The molecule has 0 radical (unpaired) electrons. The van der Waals surface area contributed by atoms with Gasteiger partial charge in [0, 0.05) is 5.69 Å². The van der Waals surface area contributed by atoms with Gasteiger partial charge in [-0.25, -0.2) is 13.2 Å². The summed E-state index contributed by atoms with van der Waals surface area (Å²) in [7, 11) is 0. The summed E-state index contributed by atoms with van der Waals surface area (Å²) in [4.78, 5) is 23.2. The third-order valence-electron chi connectivity index (χ3n) is 3.47. The molecule has 23 heavy (non-hydrogen) atoms. The lowest BCUT2D eigenvalue weighted by Gasteiger charge is -2.08. The normalized spacial score (nSPS) is 12.7. The fourth-order valence-corrected chi connectivity index (χ4v) is 2.39. The van der Waals surface area contributed by atoms with Gasteiger partial charge in [0.15, 0.2) is 17.5 Å². The highest BCUT2D eigenvalue weighted by Crippen LogP contribution is 2.24. The van der Waals surface area contributed by atoms with Crippen molar-refractivity contribution in [2.24, 2.45) is 0 Å². The maximum atomic E-state index is 13.5. The summed E-state index contributed by atoms with van der Waals surface area (Å²) in [6.45, 7) is 0. The first-order chi connectivity index (χ1) is 10.9. The zero-order valence-corrected chi connectivity index (χ0v) is 11.8. The van der Waals surface area contributed by atoms with Crippen molar-refractivity contribution >= 4 is 23.2 Å². The summed E-state index contributed by atoms with van der Waals surface area (Å²) in [5.74, 6) is -5.10. The lowest BCUT2D eigenvalue weighted by molar-refractivity contribution is -0.116. The van der Waals surface area contributed by atoms with Crippen molar-refractivity contribution in [1.29, 1.82) is 0 Å². The van der Waals surface area contributed by atoms with Crippen molar-refractivity contribution in [1.82, 2.24) is 0 Å². The quantitative estimate of drug-likeness (QED) is 0.855. The molecule has 4 nitrogen and oxygen atoms in total. The molecule has 2 N–H and O–H groups in total. The highest BCUT2D eigenvalue weighted by atomic mass is 19.2. The lowest BCUT2D eigenvalue weighted by Crippen LogP contribution is -2.16. The Morgan fingerprint density at radius 3 is 2.70 bits per heavy atom. The van der Waals surface area contributed by atoms with Crippen LogP contribution in [0.3, 0.4) is 0 Å². The molecule has 0 saturated carbocycles. The second-order valence-electron chi connectivity index (χ2n) is 5.16. The number of rotatable bonds is 3. The second-order valence-corrected chi connectivity index (χ2v) is 5.16. The van der Waals surface area contributed by atoms with Crippen LogP contribution in [0.25, 0.3) is 0 Å². The van der Waals surface area contributed by atoms with E-state index in [1.807, 2.05) is 0 Å². The van der Waals surface area contributed by atoms with E-state index in [4.69, 9.17) is 0 Å². The Balaban J connectivity index is 1.72. The van der Waals surface area contributed by atoms with Gasteiger partial charge in [-0.2, -0.15) is 0 Å². The monoisotopic (exact) mass is 320 g/mol.